The molecular formula is C22H28N3O3+. The third-order valence-electron chi connectivity index (χ3n) is 5.34. The molecule has 0 spiro atoms. The molecule has 0 saturated heterocycles. The lowest BCUT2D eigenvalue weighted by atomic mass is 9.99. The van der Waals surface area contributed by atoms with Crippen LogP contribution in [0, 0.1) is 0 Å². The van der Waals surface area contributed by atoms with Crippen LogP contribution in [0.1, 0.15) is 18.1 Å². The fourth-order valence-electron chi connectivity index (χ4n) is 3.48. The number of carbonyl (C=O) groups is 2. The normalized spacial score (nSPS) is 15.3. The summed E-state index contributed by atoms with van der Waals surface area (Å²) in [5.41, 5.74) is 3.21. The van der Waals surface area contributed by atoms with Crippen LogP contribution >= 0.6 is 0 Å². The largest absolute Gasteiger partial charge is 0.497 e. The number of hydrogen-bond acceptors (Lipinski definition) is 3. The molecule has 2 amide bonds. The molecule has 2 atom stereocenters. The number of ether oxygens (including phenoxy) is 1. The minimum absolute atomic E-state index is 0.0844. The Morgan fingerprint density at radius 1 is 1.18 bits per heavy atom. The van der Waals surface area contributed by atoms with Crippen molar-refractivity contribution in [3.63, 3.8) is 0 Å². The summed E-state index contributed by atoms with van der Waals surface area (Å²) in [6.07, 6.45) is 0.879. The Bertz CT molecular complexity index is 852. The van der Waals surface area contributed by atoms with E-state index >= 15 is 0 Å². The van der Waals surface area contributed by atoms with Gasteiger partial charge in [-0.1, -0.05) is 30.3 Å². The Morgan fingerprint density at radius 2 is 1.93 bits per heavy atom. The van der Waals surface area contributed by atoms with E-state index in [4.69, 9.17) is 4.74 Å². The van der Waals surface area contributed by atoms with Gasteiger partial charge in [0, 0.05) is 24.8 Å². The van der Waals surface area contributed by atoms with Crippen LogP contribution in [-0.2, 0) is 22.6 Å². The molecule has 148 valence electrons. The van der Waals surface area contributed by atoms with Gasteiger partial charge >= 0.3 is 0 Å². The molecule has 0 fully saturated rings. The van der Waals surface area contributed by atoms with Gasteiger partial charge in [-0.05, 0) is 36.6 Å². The number of nitrogens with one attached hydrogen (secondary N) is 2. The molecule has 1 aliphatic rings. The van der Waals surface area contributed by atoms with Crippen molar-refractivity contribution in [2.75, 3.05) is 32.6 Å². The number of quaternary nitrogens is 1. The van der Waals surface area contributed by atoms with E-state index in [0.29, 0.717) is 18.0 Å². The zero-order valence-electron chi connectivity index (χ0n) is 16.7. The Kier molecular flexibility index (Phi) is 6.31. The number of rotatable bonds is 6. The summed E-state index contributed by atoms with van der Waals surface area (Å²) in [5, 5.41) is 2.87. The van der Waals surface area contributed by atoms with Crippen molar-refractivity contribution in [3.8, 4) is 5.75 Å². The van der Waals surface area contributed by atoms with Crippen molar-refractivity contribution < 1.29 is 19.2 Å². The van der Waals surface area contributed by atoms with E-state index in [1.807, 2.05) is 49.2 Å². The van der Waals surface area contributed by atoms with Crippen molar-refractivity contribution in [3.05, 3.63) is 59.7 Å². The first-order valence-corrected chi connectivity index (χ1v) is 9.59. The van der Waals surface area contributed by atoms with Crippen LogP contribution in [0.4, 0.5) is 5.69 Å². The maximum absolute atomic E-state index is 12.9. The highest BCUT2D eigenvalue weighted by Crippen LogP contribution is 2.19. The molecule has 1 aliphatic heterocycles. The average Bonchev–Trinajstić information content (AvgIpc) is 2.72. The van der Waals surface area contributed by atoms with E-state index in [2.05, 4.69) is 17.4 Å². The number of carbonyl (C=O) groups excluding carboxylic acids is 2. The molecule has 2 N–H and O–H groups in total. The molecule has 0 saturated carbocycles. The first-order valence-electron chi connectivity index (χ1n) is 9.59. The Balaban J connectivity index is 1.55. The molecule has 28 heavy (non-hydrogen) atoms. The molecule has 6 heteroatoms. The number of amides is 2. The lowest BCUT2D eigenvalue weighted by molar-refractivity contribution is -0.886. The van der Waals surface area contributed by atoms with Gasteiger partial charge in [0.2, 0.25) is 0 Å². The lowest BCUT2D eigenvalue weighted by Gasteiger charge is -2.32. The van der Waals surface area contributed by atoms with Gasteiger partial charge < -0.3 is 19.9 Å². The zero-order chi connectivity index (χ0) is 20.1. The van der Waals surface area contributed by atoms with Gasteiger partial charge in [-0.2, -0.15) is 0 Å². The molecule has 1 heterocycles. The minimum Gasteiger partial charge on any atom is -0.497 e. The van der Waals surface area contributed by atoms with Crippen LogP contribution < -0.4 is 15.0 Å². The lowest BCUT2D eigenvalue weighted by Crippen LogP contribution is -3.15. The van der Waals surface area contributed by atoms with Crippen LogP contribution in [0.3, 0.4) is 0 Å². The second kappa shape index (κ2) is 8.89. The molecule has 0 aromatic heterocycles. The fraction of sp³-hybridized carbons (Fsp3) is 0.364. The first kappa shape index (κ1) is 19.9. The minimum atomic E-state index is -0.290. The van der Waals surface area contributed by atoms with E-state index in [9.17, 15) is 9.59 Å². The van der Waals surface area contributed by atoms with Crippen molar-refractivity contribution in [2.45, 2.75) is 25.9 Å². The Labute approximate surface area is 166 Å². The average molecular weight is 382 g/mol. The maximum atomic E-state index is 12.9. The molecule has 2 aromatic rings. The van der Waals surface area contributed by atoms with Crippen LogP contribution in [0.15, 0.2) is 48.5 Å². The monoisotopic (exact) mass is 382 g/mol. The second-order valence-electron chi connectivity index (χ2n) is 7.30. The quantitative estimate of drug-likeness (QED) is 0.787. The second-order valence-corrected chi connectivity index (χ2v) is 7.30. The molecule has 3 rings (SSSR count). The van der Waals surface area contributed by atoms with Crippen molar-refractivity contribution >= 4 is 17.5 Å². The van der Waals surface area contributed by atoms with E-state index in [1.165, 1.54) is 11.1 Å². The number of anilines is 1. The Hall–Kier alpha value is -2.86. The van der Waals surface area contributed by atoms with Crippen molar-refractivity contribution in [1.29, 1.82) is 0 Å². The highest BCUT2D eigenvalue weighted by molar-refractivity contribution is 5.91. The van der Waals surface area contributed by atoms with Crippen molar-refractivity contribution in [1.82, 2.24) is 4.90 Å². The van der Waals surface area contributed by atoms with Gasteiger partial charge in [-0.3, -0.25) is 9.59 Å². The van der Waals surface area contributed by atoms with Crippen LogP contribution in [0.2, 0.25) is 0 Å². The SMILES string of the molecule is COc1cccc(NC(=O)C[NH+](C)[C@H](C)C(=O)N2CCc3ccccc3C2)c1. The van der Waals surface area contributed by atoms with E-state index in [1.54, 1.807) is 13.2 Å². The molecule has 0 radical (unpaired) electrons. The smallest absolute Gasteiger partial charge is 0.280 e. The number of likely N-dealkylation sites (N-methyl/N-ethyl adjacent to an activating group) is 1. The van der Waals surface area contributed by atoms with Gasteiger partial charge in [0.15, 0.2) is 12.6 Å². The first-order chi connectivity index (χ1) is 13.5. The molecule has 0 bridgehead atoms. The number of methoxy groups -OCH3 is 1. The molecular weight excluding hydrogens is 354 g/mol. The number of nitrogens with zero attached hydrogens (tertiary/aromatic N) is 1. The Morgan fingerprint density at radius 3 is 2.68 bits per heavy atom. The molecule has 6 nitrogen and oxygen atoms in total. The summed E-state index contributed by atoms with van der Waals surface area (Å²) in [4.78, 5) is 28.1. The number of fused-ring (bicyclic) bond motifs is 1. The highest BCUT2D eigenvalue weighted by Gasteiger charge is 2.30. The van der Waals surface area contributed by atoms with E-state index in [0.717, 1.165) is 17.9 Å². The maximum Gasteiger partial charge on any atom is 0.280 e. The predicted molar refractivity (Wildman–Crippen MR) is 108 cm³/mol. The highest BCUT2D eigenvalue weighted by atomic mass is 16.5. The topological polar surface area (TPSA) is 63.1 Å². The standard InChI is InChI=1S/C22H27N3O3/c1-16(22(27)25-12-11-17-7-4-5-8-18(17)14-25)24(2)15-21(26)23-19-9-6-10-20(13-19)28-3/h4-10,13,16H,11-12,14-15H2,1-3H3,(H,23,26)/p+1/t16-/m1/s1. The number of hydrogen-bond donors (Lipinski definition) is 2. The predicted octanol–water partition coefficient (Wildman–Crippen LogP) is 1.12. The van der Waals surface area contributed by atoms with Gasteiger partial charge in [-0.25, -0.2) is 0 Å². The summed E-state index contributed by atoms with van der Waals surface area (Å²) in [7, 11) is 3.47. The summed E-state index contributed by atoms with van der Waals surface area (Å²) >= 11 is 0. The third-order valence-corrected chi connectivity index (χ3v) is 5.34. The van der Waals surface area contributed by atoms with E-state index in [-0.39, 0.29) is 24.4 Å². The van der Waals surface area contributed by atoms with Crippen LogP contribution in [-0.4, -0.2) is 50.0 Å². The summed E-state index contributed by atoms with van der Waals surface area (Å²) in [6, 6.07) is 15.2. The molecule has 1 unspecified atom stereocenters. The van der Waals surface area contributed by atoms with E-state index < -0.39 is 0 Å². The molecule has 2 aromatic carbocycles. The zero-order valence-corrected chi connectivity index (χ0v) is 16.7. The van der Waals surface area contributed by atoms with Gasteiger partial charge in [0.25, 0.3) is 11.8 Å². The van der Waals surface area contributed by atoms with Gasteiger partial charge in [0.05, 0.1) is 14.2 Å². The molecule has 0 aliphatic carbocycles. The number of benzene rings is 2. The summed E-state index contributed by atoms with van der Waals surface area (Å²) in [5.74, 6) is 0.642. The fourth-order valence-corrected chi connectivity index (χ4v) is 3.48. The van der Waals surface area contributed by atoms with Gasteiger partial charge in [0.1, 0.15) is 5.75 Å². The summed E-state index contributed by atoms with van der Waals surface area (Å²) in [6.45, 7) is 3.47. The van der Waals surface area contributed by atoms with Crippen LogP contribution in [0.5, 0.6) is 5.75 Å². The summed E-state index contributed by atoms with van der Waals surface area (Å²) < 4.78 is 5.17. The van der Waals surface area contributed by atoms with Gasteiger partial charge in [-0.15, -0.1) is 0 Å². The van der Waals surface area contributed by atoms with Crippen LogP contribution in [0.25, 0.3) is 0 Å². The van der Waals surface area contributed by atoms with Crippen molar-refractivity contribution in [2.24, 2.45) is 0 Å². The third kappa shape index (κ3) is 4.70.